The van der Waals surface area contributed by atoms with Crippen LogP contribution >= 0.6 is 0 Å². The second-order valence-corrected chi connectivity index (χ2v) is 6.10. The van der Waals surface area contributed by atoms with Crippen LogP contribution in [0.15, 0.2) is 36.7 Å². The molecule has 0 radical (unpaired) electrons. The maximum atomic E-state index is 11.8. The summed E-state index contributed by atoms with van der Waals surface area (Å²) in [6, 6.07) is 10.3. The number of rotatable bonds is 6. The van der Waals surface area contributed by atoms with Crippen LogP contribution in [-0.2, 0) is 0 Å². The number of halogens is 1. The van der Waals surface area contributed by atoms with Crippen LogP contribution < -0.4 is 0 Å². The quantitative estimate of drug-likeness (QED) is 0.599. The van der Waals surface area contributed by atoms with Crippen LogP contribution in [0, 0.1) is 17.2 Å². The van der Waals surface area contributed by atoms with Gasteiger partial charge in [0, 0.05) is 0 Å². The van der Waals surface area contributed by atoms with Gasteiger partial charge in [0.25, 0.3) is 0 Å². The van der Waals surface area contributed by atoms with Crippen molar-refractivity contribution in [2.75, 3.05) is 0 Å². The number of hydrogen-bond donors (Lipinski definition) is 0. The molecule has 0 aliphatic heterocycles. The molecule has 1 aromatic rings. The molecule has 1 aliphatic carbocycles. The predicted molar refractivity (Wildman–Crippen MR) is 84.6 cm³/mol. The Morgan fingerprint density at radius 2 is 1.81 bits per heavy atom. The lowest BCUT2D eigenvalue weighted by Gasteiger charge is -2.28. The van der Waals surface area contributed by atoms with Crippen LogP contribution in [0.1, 0.15) is 68.4 Å². The largest absolute Gasteiger partial charge is 0.216 e. The smallest absolute Gasteiger partial charge is 0.0991 e. The lowest BCUT2D eigenvalue weighted by Crippen LogP contribution is -2.13. The van der Waals surface area contributed by atoms with E-state index in [0.717, 1.165) is 24.3 Å². The van der Waals surface area contributed by atoms with Crippen LogP contribution in [0.25, 0.3) is 0 Å². The van der Waals surface area contributed by atoms with Crippen LogP contribution in [0.2, 0.25) is 0 Å². The van der Waals surface area contributed by atoms with Crippen molar-refractivity contribution in [3.05, 3.63) is 47.8 Å². The monoisotopic (exact) mass is 285 g/mol. The Morgan fingerprint density at radius 1 is 1.10 bits per heavy atom. The van der Waals surface area contributed by atoms with Crippen molar-refractivity contribution in [1.29, 1.82) is 5.26 Å². The molecule has 1 aromatic carbocycles. The van der Waals surface area contributed by atoms with Crippen molar-refractivity contribution < 1.29 is 4.39 Å². The van der Waals surface area contributed by atoms with E-state index in [1.807, 2.05) is 12.1 Å². The molecule has 1 nitrogen and oxygen atoms in total. The van der Waals surface area contributed by atoms with Crippen molar-refractivity contribution in [3.8, 4) is 6.07 Å². The number of hydrogen-bond acceptors (Lipinski definition) is 1. The van der Waals surface area contributed by atoms with E-state index in [9.17, 15) is 4.39 Å². The molecule has 0 heterocycles. The van der Waals surface area contributed by atoms with Gasteiger partial charge >= 0.3 is 0 Å². The molecule has 0 spiro atoms. The number of nitrogens with zero attached hydrogens (tertiary/aromatic N) is 1. The van der Waals surface area contributed by atoms with Crippen molar-refractivity contribution in [1.82, 2.24) is 0 Å². The van der Waals surface area contributed by atoms with Gasteiger partial charge in [-0.25, -0.2) is 4.39 Å². The fraction of sp³-hybridized carbons (Fsp3) is 0.526. The van der Waals surface area contributed by atoms with Crippen LogP contribution in [0.5, 0.6) is 0 Å². The van der Waals surface area contributed by atoms with E-state index < -0.39 is 0 Å². The maximum absolute atomic E-state index is 11.8. The Balaban J connectivity index is 1.71. The Labute approximate surface area is 127 Å². The highest BCUT2D eigenvalue weighted by Crippen LogP contribution is 2.37. The van der Waals surface area contributed by atoms with E-state index in [-0.39, 0.29) is 0 Å². The number of unbranched alkanes of at least 4 members (excludes halogenated alkanes) is 2. The Kier molecular flexibility index (Phi) is 6.47. The molecule has 21 heavy (non-hydrogen) atoms. The molecule has 0 saturated heterocycles. The summed E-state index contributed by atoms with van der Waals surface area (Å²) in [5.41, 5.74) is 2.13. The van der Waals surface area contributed by atoms with Gasteiger partial charge in [0.15, 0.2) is 0 Å². The first-order valence-corrected chi connectivity index (χ1v) is 8.08. The average Bonchev–Trinajstić information content (AvgIpc) is 2.55. The Hall–Kier alpha value is -1.62. The third kappa shape index (κ3) is 5.01. The van der Waals surface area contributed by atoms with Gasteiger partial charge in [-0.05, 0) is 68.1 Å². The first-order chi connectivity index (χ1) is 10.3. The summed E-state index contributed by atoms with van der Waals surface area (Å²) < 4.78 is 11.8. The molecule has 0 amide bonds. The summed E-state index contributed by atoms with van der Waals surface area (Å²) in [4.78, 5) is 0. The molecule has 0 N–H and O–H groups in total. The van der Waals surface area contributed by atoms with Crippen molar-refractivity contribution in [3.63, 3.8) is 0 Å². The van der Waals surface area contributed by atoms with E-state index >= 15 is 0 Å². The van der Waals surface area contributed by atoms with E-state index in [1.54, 1.807) is 6.08 Å². The summed E-state index contributed by atoms with van der Waals surface area (Å²) >= 11 is 0. The Morgan fingerprint density at radius 3 is 2.43 bits per heavy atom. The molecule has 1 fully saturated rings. The lowest BCUT2D eigenvalue weighted by molar-refractivity contribution is 0.303. The summed E-state index contributed by atoms with van der Waals surface area (Å²) in [5, 5.41) is 8.84. The highest BCUT2D eigenvalue weighted by Gasteiger charge is 2.21. The molecule has 1 saturated carbocycles. The SMILES string of the molecule is N#Cc1ccc(C2CCC(CCCCC=CF)CC2)cc1. The number of nitriles is 1. The lowest BCUT2D eigenvalue weighted by atomic mass is 9.77. The minimum Gasteiger partial charge on any atom is -0.216 e. The molecule has 0 bridgehead atoms. The van der Waals surface area contributed by atoms with Crippen molar-refractivity contribution >= 4 is 0 Å². The van der Waals surface area contributed by atoms with Gasteiger partial charge in [0.05, 0.1) is 18.0 Å². The van der Waals surface area contributed by atoms with E-state index in [4.69, 9.17) is 5.26 Å². The molecule has 2 rings (SSSR count). The van der Waals surface area contributed by atoms with Gasteiger partial charge in [-0.15, -0.1) is 0 Å². The molecule has 0 unspecified atom stereocenters. The van der Waals surface area contributed by atoms with Gasteiger partial charge in [0.1, 0.15) is 0 Å². The number of allylic oxidation sites excluding steroid dienone is 1. The zero-order valence-corrected chi connectivity index (χ0v) is 12.6. The fourth-order valence-corrected chi connectivity index (χ4v) is 3.37. The first-order valence-electron chi connectivity index (χ1n) is 8.08. The molecule has 1 aliphatic rings. The molecule has 0 atom stereocenters. The van der Waals surface area contributed by atoms with Crippen LogP contribution in [-0.4, -0.2) is 0 Å². The second kappa shape index (κ2) is 8.62. The zero-order valence-electron chi connectivity index (χ0n) is 12.6. The first kappa shape index (κ1) is 15.8. The van der Waals surface area contributed by atoms with E-state index in [2.05, 4.69) is 18.2 Å². The van der Waals surface area contributed by atoms with Gasteiger partial charge < -0.3 is 0 Å². The minimum absolute atomic E-state index is 0.656. The normalized spacial score (nSPS) is 22.3. The summed E-state index contributed by atoms with van der Waals surface area (Å²) in [6.07, 6.45) is 11.9. The third-order valence-corrected chi connectivity index (χ3v) is 4.68. The molecule has 2 heteroatoms. The highest BCUT2D eigenvalue weighted by atomic mass is 19.1. The zero-order chi connectivity index (χ0) is 14.9. The van der Waals surface area contributed by atoms with Crippen LogP contribution in [0.3, 0.4) is 0 Å². The van der Waals surface area contributed by atoms with Gasteiger partial charge in [0.2, 0.25) is 0 Å². The molecule has 0 aromatic heterocycles. The molecular formula is C19H24FN. The maximum Gasteiger partial charge on any atom is 0.0991 e. The van der Waals surface area contributed by atoms with E-state index in [0.29, 0.717) is 12.2 Å². The summed E-state index contributed by atoms with van der Waals surface area (Å²) in [6.45, 7) is 0. The molecule has 112 valence electrons. The average molecular weight is 285 g/mol. The standard InChI is InChI=1S/C19H24FN/c20-14-4-2-1-3-5-16-6-10-18(11-7-16)19-12-8-17(15-21)9-13-19/h4,8-9,12-14,16,18H,1-3,5-7,10-11H2. The highest BCUT2D eigenvalue weighted by molar-refractivity contribution is 5.33. The summed E-state index contributed by atoms with van der Waals surface area (Å²) in [7, 11) is 0. The van der Waals surface area contributed by atoms with E-state index in [1.165, 1.54) is 44.1 Å². The second-order valence-electron chi connectivity index (χ2n) is 6.10. The van der Waals surface area contributed by atoms with Gasteiger partial charge in [-0.2, -0.15) is 5.26 Å². The van der Waals surface area contributed by atoms with Gasteiger partial charge in [-0.3, -0.25) is 0 Å². The topological polar surface area (TPSA) is 23.8 Å². The predicted octanol–water partition coefficient (Wildman–Crippen LogP) is 5.88. The number of benzene rings is 1. The van der Waals surface area contributed by atoms with Gasteiger partial charge in [-0.1, -0.05) is 31.1 Å². The summed E-state index contributed by atoms with van der Waals surface area (Å²) in [5.74, 6) is 1.53. The Bertz CT molecular complexity index is 475. The van der Waals surface area contributed by atoms with Crippen molar-refractivity contribution in [2.45, 2.75) is 57.3 Å². The fourth-order valence-electron chi connectivity index (χ4n) is 3.37. The van der Waals surface area contributed by atoms with Crippen molar-refractivity contribution in [2.24, 2.45) is 5.92 Å². The van der Waals surface area contributed by atoms with Crippen LogP contribution in [0.4, 0.5) is 4.39 Å². The third-order valence-electron chi connectivity index (χ3n) is 4.68. The molecular weight excluding hydrogens is 261 g/mol. The minimum atomic E-state index is 0.656.